The van der Waals surface area contributed by atoms with Crippen LogP contribution in [-0.4, -0.2) is 9.13 Å². The molecule has 5 nitrogen and oxygen atoms in total. The van der Waals surface area contributed by atoms with Gasteiger partial charge in [0, 0.05) is 38.5 Å². The molecular weight excluding hydrogens is 611 g/mol. The van der Waals surface area contributed by atoms with Gasteiger partial charge in [0.05, 0.1) is 51.9 Å². The Balaban J connectivity index is 1.21. The fraction of sp³-hybridized carbons (Fsp3) is 0. The third-order valence-corrected chi connectivity index (χ3v) is 9.58. The number of aromatic nitrogens is 2. The summed E-state index contributed by atoms with van der Waals surface area (Å²) in [6, 6.07) is 55.7. The first-order valence-corrected chi connectivity index (χ1v) is 16.3. The molecule has 2 aromatic heterocycles. The molecule has 0 saturated carbocycles. The molecule has 0 bridgehead atoms. The van der Waals surface area contributed by atoms with Crippen molar-refractivity contribution in [2.24, 2.45) is 0 Å². The van der Waals surface area contributed by atoms with E-state index >= 15 is 0 Å². The maximum atomic E-state index is 10.5. The summed E-state index contributed by atoms with van der Waals surface area (Å²) in [5, 5.41) is 24.5. The van der Waals surface area contributed by atoms with E-state index < -0.39 is 0 Å². The van der Waals surface area contributed by atoms with Gasteiger partial charge >= 0.3 is 0 Å². The number of nitrogens with zero attached hydrogens (tertiary/aromatic N) is 5. The van der Waals surface area contributed by atoms with E-state index in [-0.39, 0.29) is 0 Å². The average Bonchev–Trinajstić information content (AvgIpc) is 3.70. The van der Waals surface area contributed by atoms with Gasteiger partial charge in [-0.05, 0) is 83.4 Å². The quantitative estimate of drug-likeness (QED) is 0.181. The second-order valence-corrected chi connectivity index (χ2v) is 12.3. The highest BCUT2D eigenvalue weighted by molar-refractivity contribution is 6.11. The molecule has 230 valence electrons. The molecule has 7 aromatic carbocycles. The van der Waals surface area contributed by atoms with Crippen LogP contribution in [0.5, 0.6) is 0 Å². The van der Waals surface area contributed by atoms with Crippen molar-refractivity contribution in [1.29, 1.82) is 10.5 Å². The highest BCUT2D eigenvalue weighted by Crippen LogP contribution is 2.41. The number of para-hydroxylation sites is 3. The van der Waals surface area contributed by atoms with Crippen LogP contribution in [0, 0.1) is 29.2 Å². The Morgan fingerprint density at radius 1 is 0.480 bits per heavy atom. The molecular formula is C45H25N5. The van der Waals surface area contributed by atoms with Crippen molar-refractivity contribution in [2.75, 3.05) is 0 Å². The maximum absolute atomic E-state index is 10.5. The second kappa shape index (κ2) is 11.4. The van der Waals surface area contributed by atoms with E-state index in [1.807, 2.05) is 60.7 Å². The standard InChI is InChI=1S/C45H25N5/c1-48-34-25-33(28-47)45(44(26-34)50-42-16-7-4-13-38(42)39-23-29(27-46)17-22-43(39)50)32-10-8-9-31(24-32)30-18-20-35(21-19-30)49-40-14-5-2-11-36(40)37-12-3-6-15-41(37)49/h2-26H. The number of nitriles is 2. The van der Waals surface area contributed by atoms with Crippen LogP contribution in [0.4, 0.5) is 5.69 Å². The van der Waals surface area contributed by atoms with Crippen LogP contribution >= 0.6 is 0 Å². The van der Waals surface area contributed by atoms with Crippen molar-refractivity contribution >= 4 is 49.3 Å². The zero-order valence-electron chi connectivity index (χ0n) is 26.7. The van der Waals surface area contributed by atoms with E-state index in [9.17, 15) is 10.5 Å². The summed E-state index contributed by atoms with van der Waals surface area (Å²) >= 11 is 0. The molecule has 0 unspecified atom stereocenters. The highest BCUT2D eigenvalue weighted by atomic mass is 15.0. The molecule has 0 aliphatic carbocycles. The second-order valence-electron chi connectivity index (χ2n) is 12.3. The van der Waals surface area contributed by atoms with Crippen molar-refractivity contribution in [3.63, 3.8) is 0 Å². The van der Waals surface area contributed by atoms with E-state index in [4.69, 9.17) is 6.57 Å². The normalized spacial score (nSPS) is 11.1. The summed E-state index contributed by atoms with van der Waals surface area (Å²) in [5.74, 6) is 0. The van der Waals surface area contributed by atoms with Crippen LogP contribution in [0.25, 0.3) is 82.1 Å². The number of hydrogen-bond donors (Lipinski definition) is 0. The Hall–Kier alpha value is -7.39. The third-order valence-electron chi connectivity index (χ3n) is 9.58. The minimum absolute atomic E-state index is 0.386. The topological polar surface area (TPSA) is 61.8 Å². The predicted octanol–water partition coefficient (Wildman–Crippen LogP) is 11.5. The van der Waals surface area contributed by atoms with Crippen LogP contribution < -0.4 is 0 Å². The largest absolute Gasteiger partial charge is 0.310 e. The van der Waals surface area contributed by atoms with Crippen molar-refractivity contribution < 1.29 is 0 Å². The molecule has 5 heteroatoms. The van der Waals surface area contributed by atoms with Crippen molar-refractivity contribution in [1.82, 2.24) is 9.13 Å². The van der Waals surface area contributed by atoms with Crippen molar-refractivity contribution in [2.45, 2.75) is 0 Å². The van der Waals surface area contributed by atoms with Gasteiger partial charge in [-0.25, -0.2) is 4.85 Å². The Morgan fingerprint density at radius 3 is 1.72 bits per heavy atom. The van der Waals surface area contributed by atoms with Gasteiger partial charge in [0.2, 0.25) is 0 Å². The third kappa shape index (κ3) is 4.38. The van der Waals surface area contributed by atoms with Gasteiger partial charge < -0.3 is 9.13 Å². The molecule has 0 radical (unpaired) electrons. The first kappa shape index (κ1) is 28.8. The number of rotatable bonds is 4. The minimum Gasteiger partial charge on any atom is -0.310 e. The molecule has 0 spiro atoms. The predicted molar refractivity (Wildman–Crippen MR) is 202 cm³/mol. The summed E-state index contributed by atoms with van der Waals surface area (Å²) in [6.07, 6.45) is 0. The van der Waals surface area contributed by atoms with E-state index in [0.717, 1.165) is 66.5 Å². The summed E-state index contributed by atoms with van der Waals surface area (Å²) in [5.41, 5.74) is 11.0. The lowest BCUT2D eigenvalue weighted by Crippen LogP contribution is -2.00. The molecule has 0 amide bonds. The van der Waals surface area contributed by atoms with Crippen LogP contribution in [-0.2, 0) is 0 Å². The molecule has 50 heavy (non-hydrogen) atoms. The lowest BCUT2D eigenvalue weighted by atomic mass is 9.94. The van der Waals surface area contributed by atoms with Gasteiger partial charge in [-0.3, -0.25) is 0 Å². The molecule has 0 aliphatic heterocycles. The SMILES string of the molecule is [C-]#[N+]c1cc(C#N)c(-c2cccc(-c3ccc(-n4c5ccccc5c5ccccc54)cc3)c2)c(-n2c3ccccc3c3cc(C#N)ccc32)c1. The highest BCUT2D eigenvalue weighted by Gasteiger charge is 2.20. The Morgan fingerprint density at radius 2 is 1.08 bits per heavy atom. The summed E-state index contributed by atoms with van der Waals surface area (Å²) < 4.78 is 4.42. The monoisotopic (exact) mass is 635 g/mol. The number of benzene rings is 7. The van der Waals surface area contributed by atoms with Crippen LogP contribution in [0.15, 0.2) is 152 Å². The van der Waals surface area contributed by atoms with Gasteiger partial charge in [-0.15, -0.1) is 0 Å². The lowest BCUT2D eigenvalue weighted by Gasteiger charge is -2.17. The van der Waals surface area contributed by atoms with Gasteiger partial charge in [0.15, 0.2) is 5.69 Å². The van der Waals surface area contributed by atoms with Crippen LogP contribution in [0.1, 0.15) is 11.1 Å². The van der Waals surface area contributed by atoms with E-state index in [1.54, 1.807) is 6.07 Å². The fourth-order valence-electron chi connectivity index (χ4n) is 7.40. The maximum Gasteiger partial charge on any atom is 0.190 e. The van der Waals surface area contributed by atoms with Crippen LogP contribution in [0.2, 0.25) is 0 Å². The summed E-state index contributed by atoms with van der Waals surface area (Å²) in [4.78, 5) is 3.74. The summed E-state index contributed by atoms with van der Waals surface area (Å²) in [6.45, 7) is 7.86. The molecule has 0 fully saturated rings. The zero-order chi connectivity index (χ0) is 33.8. The minimum atomic E-state index is 0.386. The van der Waals surface area contributed by atoms with Crippen molar-refractivity contribution in [3.8, 4) is 45.8 Å². The van der Waals surface area contributed by atoms with Gasteiger partial charge in [-0.1, -0.05) is 84.9 Å². The molecule has 9 aromatic rings. The molecule has 0 atom stereocenters. The molecule has 0 N–H and O–H groups in total. The van der Waals surface area contributed by atoms with E-state index in [0.29, 0.717) is 16.8 Å². The Kier molecular flexibility index (Phi) is 6.56. The molecule has 0 saturated heterocycles. The van der Waals surface area contributed by atoms with E-state index in [2.05, 4.69) is 111 Å². The van der Waals surface area contributed by atoms with Crippen molar-refractivity contribution in [3.05, 3.63) is 174 Å². The first-order valence-electron chi connectivity index (χ1n) is 16.3. The molecule has 0 aliphatic rings. The fourth-order valence-corrected chi connectivity index (χ4v) is 7.40. The first-order chi connectivity index (χ1) is 24.7. The van der Waals surface area contributed by atoms with Gasteiger partial charge in [0.25, 0.3) is 0 Å². The number of hydrogen-bond acceptors (Lipinski definition) is 2. The molecule has 2 heterocycles. The average molecular weight is 636 g/mol. The van der Waals surface area contributed by atoms with Crippen LogP contribution in [0.3, 0.4) is 0 Å². The lowest BCUT2D eigenvalue weighted by molar-refractivity contribution is 1.18. The van der Waals surface area contributed by atoms with Gasteiger partial charge in [-0.2, -0.15) is 10.5 Å². The van der Waals surface area contributed by atoms with E-state index in [1.165, 1.54) is 10.8 Å². The van der Waals surface area contributed by atoms with Gasteiger partial charge in [0.1, 0.15) is 0 Å². The zero-order valence-corrected chi connectivity index (χ0v) is 26.7. The molecule has 9 rings (SSSR count). The Bertz CT molecular complexity index is 2900. The smallest absolute Gasteiger partial charge is 0.190 e. The summed E-state index contributed by atoms with van der Waals surface area (Å²) in [7, 11) is 0. The Labute approximate surface area is 288 Å². The number of fused-ring (bicyclic) bond motifs is 6.